The number of rotatable bonds is 6. The molecule has 3 rings (SSSR count). The molecule has 1 aliphatic carbocycles. The van der Waals surface area contributed by atoms with Crippen LogP contribution in [0.25, 0.3) is 0 Å². The quantitative estimate of drug-likeness (QED) is 0.866. The van der Waals surface area contributed by atoms with Crippen LogP contribution in [0.3, 0.4) is 0 Å². The normalized spacial score (nSPS) is 22.6. The monoisotopic (exact) mass is 337 g/mol. The number of thiazole rings is 1. The van der Waals surface area contributed by atoms with Gasteiger partial charge in [0.25, 0.3) is 0 Å². The minimum absolute atomic E-state index is 0.0328. The summed E-state index contributed by atoms with van der Waals surface area (Å²) in [6, 6.07) is 0.113. The van der Waals surface area contributed by atoms with Crippen molar-refractivity contribution in [1.82, 2.24) is 15.2 Å². The fraction of sp³-hybridized carbons (Fsp3) is 0.765. The Hall–Kier alpha value is -1.14. The summed E-state index contributed by atoms with van der Waals surface area (Å²) < 4.78 is 5.87. The summed E-state index contributed by atoms with van der Waals surface area (Å²) in [5.41, 5.74) is 0. The molecule has 1 saturated carbocycles. The average Bonchev–Trinajstić information content (AvgIpc) is 3.07. The lowest BCUT2D eigenvalue weighted by Crippen LogP contribution is -2.41. The first-order chi connectivity index (χ1) is 11.0. The average molecular weight is 337 g/mol. The molecule has 0 bridgehead atoms. The highest BCUT2D eigenvalue weighted by Crippen LogP contribution is 2.42. The van der Waals surface area contributed by atoms with Crippen LogP contribution in [0.4, 0.5) is 4.79 Å². The second kappa shape index (κ2) is 7.18. The Morgan fingerprint density at radius 1 is 1.48 bits per heavy atom. The van der Waals surface area contributed by atoms with Gasteiger partial charge in [-0.3, -0.25) is 0 Å². The Labute approximate surface area is 142 Å². The van der Waals surface area contributed by atoms with E-state index >= 15 is 0 Å². The SMILES string of the molecule is Cc1cnc([C@H](NC(=O)N2CC[C@@H](OCC(C)C)C2)C2CC2)s1. The molecule has 23 heavy (non-hydrogen) atoms. The highest BCUT2D eigenvalue weighted by Gasteiger charge is 2.37. The van der Waals surface area contributed by atoms with Crippen molar-refractivity contribution in [3.05, 3.63) is 16.1 Å². The number of carbonyl (C=O) groups is 1. The molecule has 2 atom stereocenters. The predicted molar refractivity (Wildman–Crippen MR) is 91.6 cm³/mol. The van der Waals surface area contributed by atoms with Crippen LogP contribution in [0.15, 0.2) is 6.20 Å². The number of aromatic nitrogens is 1. The summed E-state index contributed by atoms with van der Waals surface area (Å²) in [6.45, 7) is 8.61. The van der Waals surface area contributed by atoms with E-state index in [1.807, 2.05) is 11.1 Å². The molecule has 2 fully saturated rings. The van der Waals surface area contributed by atoms with Crippen molar-refractivity contribution in [2.45, 2.75) is 52.2 Å². The molecule has 1 saturated heterocycles. The topological polar surface area (TPSA) is 54.5 Å². The molecule has 0 spiro atoms. The van der Waals surface area contributed by atoms with Crippen molar-refractivity contribution in [3.8, 4) is 0 Å². The smallest absolute Gasteiger partial charge is 0.318 e. The zero-order valence-corrected chi connectivity index (χ0v) is 15.1. The Balaban J connectivity index is 1.54. The van der Waals surface area contributed by atoms with Crippen LogP contribution >= 0.6 is 11.3 Å². The highest BCUT2D eigenvalue weighted by molar-refractivity contribution is 7.11. The maximum Gasteiger partial charge on any atom is 0.318 e. The van der Waals surface area contributed by atoms with Gasteiger partial charge in [0.05, 0.1) is 12.1 Å². The summed E-state index contributed by atoms with van der Waals surface area (Å²) in [5.74, 6) is 1.09. The van der Waals surface area contributed by atoms with Crippen molar-refractivity contribution >= 4 is 17.4 Å². The minimum Gasteiger partial charge on any atom is -0.376 e. The van der Waals surface area contributed by atoms with E-state index in [2.05, 4.69) is 31.1 Å². The summed E-state index contributed by atoms with van der Waals surface area (Å²) in [6.07, 6.45) is 5.38. The third-order valence-corrected chi connectivity index (χ3v) is 5.37. The number of hydrogen-bond acceptors (Lipinski definition) is 4. The molecule has 1 N–H and O–H groups in total. The summed E-state index contributed by atoms with van der Waals surface area (Å²) in [7, 11) is 0. The lowest BCUT2D eigenvalue weighted by molar-refractivity contribution is 0.0435. The van der Waals surface area contributed by atoms with E-state index in [4.69, 9.17) is 4.74 Å². The number of nitrogens with zero attached hydrogens (tertiary/aromatic N) is 2. The molecule has 1 aromatic rings. The van der Waals surface area contributed by atoms with Gasteiger partial charge in [-0.25, -0.2) is 9.78 Å². The molecule has 128 valence electrons. The standard InChI is InChI=1S/C17H27N3O2S/c1-11(2)10-22-14-6-7-20(9-14)17(21)19-15(13-4-5-13)16-18-8-12(3)23-16/h8,11,13-15H,4-7,9-10H2,1-3H3,(H,19,21)/t14-,15-/m1/s1. The Bertz CT molecular complexity index is 542. The Kier molecular flexibility index (Phi) is 5.21. The van der Waals surface area contributed by atoms with Gasteiger partial charge < -0.3 is 15.0 Å². The first kappa shape index (κ1) is 16.7. The second-order valence-corrected chi connectivity index (χ2v) is 8.42. The zero-order chi connectivity index (χ0) is 16.4. The van der Waals surface area contributed by atoms with Gasteiger partial charge in [-0.05, 0) is 38.0 Å². The second-order valence-electron chi connectivity index (χ2n) is 7.16. The number of urea groups is 1. The fourth-order valence-electron chi connectivity index (χ4n) is 2.93. The van der Waals surface area contributed by atoms with Gasteiger partial charge in [0.1, 0.15) is 5.01 Å². The van der Waals surface area contributed by atoms with Crippen molar-refractivity contribution in [2.75, 3.05) is 19.7 Å². The molecule has 2 amide bonds. The predicted octanol–water partition coefficient (Wildman–Crippen LogP) is 3.36. The molecule has 6 heteroatoms. The van der Waals surface area contributed by atoms with Crippen LogP contribution in [-0.4, -0.2) is 41.7 Å². The number of hydrogen-bond donors (Lipinski definition) is 1. The molecule has 5 nitrogen and oxygen atoms in total. The molecular weight excluding hydrogens is 310 g/mol. The highest BCUT2D eigenvalue weighted by atomic mass is 32.1. The van der Waals surface area contributed by atoms with Crippen LogP contribution in [0.1, 0.15) is 49.0 Å². The number of ether oxygens (including phenoxy) is 1. The maximum atomic E-state index is 12.6. The summed E-state index contributed by atoms with van der Waals surface area (Å²) >= 11 is 1.69. The molecule has 0 aromatic carbocycles. The summed E-state index contributed by atoms with van der Waals surface area (Å²) in [4.78, 5) is 20.2. The van der Waals surface area contributed by atoms with Gasteiger partial charge in [0, 0.05) is 30.8 Å². The molecule has 1 aromatic heterocycles. The van der Waals surface area contributed by atoms with Crippen molar-refractivity contribution < 1.29 is 9.53 Å². The van der Waals surface area contributed by atoms with Gasteiger partial charge >= 0.3 is 6.03 Å². The zero-order valence-electron chi connectivity index (χ0n) is 14.2. The number of carbonyl (C=O) groups excluding carboxylic acids is 1. The number of aryl methyl sites for hydroxylation is 1. The number of amides is 2. The third-order valence-electron chi connectivity index (χ3n) is 4.38. The van der Waals surface area contributed by atoms with Crippen molar-refractivity contribution in [2.24, 2.45) is 11.8 Å². The van der Waals surface area contributed by atoms with Gasteiger partial charge in [-0.1, -0.05) is 13.8 Å². The molecule has 2 aliphatic rings. The van der Waals surface area contributed by atoms with E-state index in [-0.39, 0.29) is 18.2 Å². The molecular formula is C17H27N3O2S. The van der Waals surface area contributed by atoms with E-state index in [9.17, 15) is 4.79 Å². The maximum absolute atomic E-state index is 12.6. The molecule has 0 radical (unpaired) electrons. The largest absolute Gasteiger partial charge is 0.376 e. The van der Waals surface area contributed by atoms with Crippen LogP contribution in [0.2, 0.25) is 0 Å². The third kappa shape index (κ3) is 4.44. The van der Waals surface area contributed by atoms with E-state index < -0.39 is 0 Å². The van der Waals surface area contributed by atoms with E-state index in [0.29, 0.717) is 18.4 Å². The fourth-order valence-corrected chi connectivity index (χ4v) is 3.85. The van der Waals surface area contributed by atoms with Crippen molar-refractivity contribution in [1.29, 1.82) is 0 Å². The molecule has 1 aliphatic heterocycles. The van der Waals surface area contributed by atoms with Gasteiger partial charge in [-0.15, -0.1) is 11.3 Å². The van der Waals surface area contributed by atoms with Gasteiger partial charge in [-0.2, -0.15) is 0 Å². The Morgan fingerprint density at radius 2 is 2.26 bits per heavy atom. The lowest BCUT2D eigenvalue weighted by Gasteiger charge is -2.22. The first-order valence-electron chi connectivity index (χ1n) is 8.62. The van der Waals surface area contributed by atoms with E-state index in [1.54, 1.807) is 11.3 Å². The number of likely N-dealkylation sites (tertiary alicyclic amines) is 1. The van der Waals surface area contributed by atoms with E-state index in [0.717, 1.165) is 24.6 Å². The minimum atomic E-state index is 0.0328. The van der Waals surface area contributed by atoms with Crippen LogP contribution in [0, 0.1) is 18.8 Å². The molecule has 0 unspecified atom stereocenters. The van der Waals surface area contributed by atoms with Gasteiger partial charge in [0.15, 0.2) is 0 Å². The van der Waals surface area contributed by atoms with E-state index in [1.165, 1.54) is 17.7 Å². The molecule has 2 heterocycles. The first-order valence-corrected chi connectivity index (χ1v) is 9.44. The summed E-state index contributed by atoms with van der Waals surface area (Å²) in [5, 5.41) is 4.26. The lowest BCUT2D eigenvalue weighted by atomic mass is 10.2. The van der Waals surface area contributed by atoms with Crippen LogP contribution < -0.4 is 5.32 Å². The van der Waals surface area contributed by atoms with Crippen LogP contribution in [0.5, 0.6) is 0 Å². The van der Waals surface area contributed by atoms with Crippen LogP contribution in [-0.2, 0) is 4.74 Å². The Morgan fingerprint density at radius 3 is 2.87 bits per heavy atom. The van der Waals surface area contributed by atoms with Gasteiger partial charge in [0.2, 0.25) is 0 Å². The van der Waals surface area contributed by atoms with Crippen molar-refractivity contribution in [3.63, 3.8) is 0 Å². The number of nitrogens with one attached hydrogen (secondary N) is 1.